The SMILES string of the molecule is CC(=O)OC1C(C)OC2COC(c3ccccc3)OC2C1OS(=O)(=O)C(F)(F)F. The summed E-state index contributed by atoms with van der Waals surface area (Å²) in [4.78, 5) is 11.4. The second kappa shape index (κ2) is 8.19. The lowest BCUT2D eigenvalue weighted by Crippen LogP contribution is -2.63. The van der Waals surface area contributed by atoms with Crippen LogP contribution in [0.3, 0.4) is 0 Å². The number of hydrogen-bond acceptors (Lipinski definition) is 8. The molecule has 2 aliphatic rings. The third-order valence-electron chi connectivity index (χ3n) is 4.45. The van der Waals surface area contributed by atoms with Gasteiger partial charge in [-0.25, -0.2) is 0 Å². The highest BCUT2D eigenvalue weighted by atomic mass is 32.2. The van der Waals surface area contributed by atoms with Crippen molar-refractivity contribution in [3.05, 3.63) is 35.9 Å². The van der Waals surface area contributed by atoms with Gasteiger partial charge in [-0.1, -0.05) is 30.3 Å². The molecular formula is C17H19F3O8S. The first-order chi connectivity index (χ1) is 13.5. The highest BCUT2D eigenvalue weighted by molar-refractivity contribution is 7.87. The molecule has 3 rings (SSSR count). The van der Waals surface area contributed by atoms with Crippen molar-refractivity contribution in [2.75, 3.05) is 6.61 Å². The van der Waals surface area contributed by atoms with Crippen LogP contribution in [0.1, 0.15) is 25.7 Å². The Morgan fingerprint density at radius 2 is 1.79 bits per heavy atom. The first kappa shape index (κ1) is 22.0. The molecule has 2 aliphatic heterocycles. The molecule has 0 N–H and O–H groups in total. The molecule has 2 fully saturated rings. The number of esters is 1. The fourth-order valence-electron chi connectivity index (χ4n) is 3.21. The summed E-state index contributed by atoms with van der Waals surface area (Å²) in [5.74, 6) is -0.839. The first-order valence-electron chi connectivity index (χ1n) is 8.64. The number of carbonyl (C=O) groups excluding carboxylic acids is 1. The fourth-order valence-corrected chi connectivity index (χ4v) is 3.83. The summed E-state index contributed by atoms with van der Waals surface area (Å²) in [6, 6.07) is 8.50. The Morgan fingerprint density at radius 1 is 1.14 bits per heavy atom. The van der Waals surface area contributed by atoms with Crippen molar-refractivity contribution < 1.29 is 49.5 Å². The standard InChI is InChI=1S/C17H19F3O8S/c1-9-13(26-10(2)21)15(28-29(22,23)17(18,19)20)14-12(25-9)8-24-16(27-14)11-6-4-3-5-7-11/h3-7,9,12-16H,8H2,1-2H3. The van der Waals surface area contributed by atoms with E-state index in [4.69, 9.17) is 18.9 Å². The molecular weight excluding hydrogens is 421 g/mol. The topological polar surface area (TPSA) is 97.4 Å². The van der Waals surface area contributed by atoms with Crippen LogP contribution in [0.15, 0.2) is 30.3 Å². The van der Waals surface area contributed by atoms with Crippen molar-refractivity contribution in [3.8, 4) is 0 Å². The molecule has 0 saturated carbocycles. The van der Waals surface area contributed by atoms with E-state index < -0.39 is 58.4 Å². The van der Waals surface area contributed by atoms with Crippen molar-refractivity contribution in [1.82, 2.24) is 0 Å². The predicted octanol–water partition coefficient (Wildman–Crippen LogP) is 2.05. The number of alkyl halides is 3. The highest BCUT2D eigenvalue weighted by Crippen LogP contribution is 2.38. The lowest BCUT2D eigenvalue weighted by molar-refractivity contribution is -0.323. The summed E-state index contributed by atoms with van der Waals surface area (Å²) >= 11 is 0. The average Bonchev–Trinajstić information content (AvgIpc) is 2.63. The molecule has 0 spiro atoms. The molecule has 0 aliphatic carbocycles. The van der Waals surface area contributed by atoms with Gasteiger partial charge in [0.2, 0.25) is 0 Å². The monoisotopic (exact) mass is 440 g/mol. The van der Waals surface area contributed by atoms with E-state index in [-0.39, 0.29) is 6.61 Å². The van der Waals surface area contributed by atoms with Gasteiger partial charge >= 0.3 is 21.6 Å². The van der Waals surface area contributed by atoms with Gasteiger partial charge in [-0.3, -0.25) is 8.98 Å². The molecule has 29 heavy (non-hydrogen) atoms. The van der Waals surface area contributed by atoms with Gasteiger partial charge in [-0.05, 0) is 6.92 Å². The third-order valence-corrected chi connectivity index (χ3v) is 5.50. The van der Waals surface area contributed by atoms with Crippen LogP contribution in [-0.2, 0) is 38.0 Å². The molecule has 162 valence electrons. The van der Waals surface area contributed by atoms with Crippen LogP contribution < -0.4 is 0 Å². The number of benzene rings is 1. The molecule has 8 nitrogen and oxygen atoms in total. The zero-order chi connectivity index (χ0) is 21.4. The van der Waals surface area contributed by atoms with Crippen LogP contribution in [0.2, 0.25) is 0 Å². The quantitative estimate of drug-likeness (QED) is 0.399. The highest BCUT2D eigenvalue weighted by Gasteiger charge is 2.56. The van der Waals surface area contributed by atoms with E-state index in [2.05, 4.69) is 4.18 Å². The molecule has 12 heteroatoms. The van der Waals surface area contributed by atoms with Gasteiger partial charge in [0.25, 0.3) is 0 Å². The van der Waals surface area contributed by atoms with E-state index in [9.17, 15) is 26.4 Å². The zero-order valence-electron chi connectivity index (χ0n) is 15.4. The lowest BCUT2D eigenvalue weighted by Gasteiger charge is -2.47. The van der Waals surface area contributed by atoms with Gasteiger partial charge in [0.15, 0.2) is 12.4 Å². The molecule has 0 aromatic heterocycles. The minimum atomic E-state index is -5.99. The van der Waals surface area contributed by atoms with Crippen LogP contribution in [0.5, 0.6) is 0 Å². The molecule has 0 radical (unpaired) electrons. The second-order valence-corrected chi connectivity index (χ2v) is 8.15. The minimum Gasteiger partial charge on any atom is -0.457 e. The van der Waals surface area contributed by atoms with Crippen LogP contribution in [-0.4, -0.2) is 57.0 Å². The number of halogens is 3. The van der Waals surface area contributed by atoms with Gasteiger partial charge in [0, 0.05) is 12.5 Å². The summed E-state index contributed by atoms with van der Waals surface area (Å²) in [5.41, 5.74) is -5.10. The average molecular weight is 440 g/mol. The van der Waals surface area contributed by atoms with Crippen molar-refractivity contribution >= 4 is 16.1 Å². The third kappa shape index (κ3) is 4.72. The van der Waals surface area contributed by atoms with Crippen LogP contribution in [0.4, 0.5) is 13.2 Å². The Morgan fingerprint density at radius 3 is 2.38 bits per heavy atom. The maximum Gasteiger partial charge on any atom is 0.523 e. The van der Waals surface area contributed by atoms with E-state index in [1.54, 1.807) is 30.3 Å². The lowest BCUT2D eigenvalue weighted by atomic mass is 9.94. The summed E-state index contributed by atoms with van der Waals surface area (Å²) in [7, 11) is -5.99. The maximum atomic E-state index is 12.9. The summed E-state index contributed by atoms with van der Waals surface area (Å²) in [6.07, 6.45) is -7.41. The number of rotatable bonds is 4. The Hall–Kier alpha value is -1.73. The number of hydrogen-bond donors (Lipinski definition) is 0. The van der Waals surface area contributed by atoms with E-state index in [1.165, 1.54) is 6.92 Å². The molecule has 1 aromatic carbocycles. The normalized spacial score (nSPS) is 33.0. The molecule has 2 saturated heterocycles. The largest absolute Gasteiger partial charge is 0.523 e. The van der Waals surface area contributed by atoms with Crippen molar-refractivity contribution in [1.29, 1.82) is 0 Å². The van der Waals surface area contributed by atoms with E-state index >= 15 is 0 Å². The van der Waals surface area contributed by atoms with Crippen molar-refractivity contribution in [2.45, 2.75) is 56.2 Å². The molecule has 1 aromatic rings. The van der Waals surface area contributed by atoms with E-state index in [0.29, 0.717) is 5.56 Å². The van der Waals surface area contributed by atoms with Crippen molar-refractivity contribution in [2.24, 2.45) is 0 Å². The van der Waals surface area contributed by atoms with Crippen LogP contribution in [0.25, 0.3) is 0 Å². The Kier molecular flexibility index (Phi) is 6.20. The van der Waals surface area contributed by atoms with Gasteiger partial charge in [-0.2, -0.15) is 21.6 Å². The minimum absolute atomic E-state index is 0.0900. The predicted molar refractivity (Wildman–Crippen MR) is 89.7 cm³/mol. The molecule has 2 heterocycles. The van der Waals surface area contributed by atoms with Crippen LogP contribution in [0, 0.1) is 0 Å². The van der Waals surface area contributed by atoms with Gasteiger partial charge in [0.1, 0.15) is 18.3 Å². The number of fused-ring (bicyclic) bond motifs is 1. The Labute approximate surface area is 164 Å². The zero-order valence-corrected chi connectivity index (χ0v) is 16.2. The van der Waals surface area contributed by atoms with Crippen LogP contribution >= 0.6 is 0 Å². The molecule has 6 unspecified atom stereocenters. The first-order valence-corrected chi connectivity index (χ1v) is 10.0. The molecule has 0 amide bonds. The fraction of sp³-hybridized carbons (Fsp3) is 0.588. The van der Waals surface area contributed by atoms with E-state index in [0.717, 1.165) is 6.92 Å². The summed E-state index contributed by atoms with van der Waals surface area (Å²) in [5, 5.41) is 0. The Balaban J connectivity index is 1.93. The second-order valence-electron chi connectivity index (χ2n) is 6.59. The summed E-state index contributed by atoms with van der Waals surface area (Å²) < 4.78 is 88.5. The van der Waals surface area contributed by atoms with Gasteiger partial charge in [0.05, 0.1) is 12.7 Å². The number of carbonyl (C=O) groups is 1. The van der Waals surface area contributed by atoms with E-state index in [1.807, 2.05) is 0 Å². The molecule has 0 bridgehead atoms. The van der Waals surface area contributed by atoms with Crippen molar-refractivity contribution in [3.63, 3.8) is 0 Å². The maximum absolute atomic E-state index is 12.9. The number of ether oxygens (including phenoxy) is 4. The Bertz CT molecular complexity index is 829. The molecule has 6 atom stereocenters. The van der Waals surface area contributed by atoms with Gasteiger partial charge < -0.3 is 18.9 Å². The van der Waals surface area contributed by atoms with Gasteiger partial charge in [-0.15, -0.1) is 0 Å². The smallest absolute Gasteiger partial charge is 0.457 e. The summed E-state index contributed by atoms with van der Waals surface area (Å²) in [6.45, 7) is 2.36.